The van der Waals surface area contributed by atoms with Gasteiger partial charge in [0.15, 0.2) is 6.23 Å². The van der Waals surface area contributed by atoms with E-state index in [-0.39, 0.29) is 30.9 Å². The lowest BCUT2D eigenvalue weighted by molar-refractivity contribution is -0.0505. The minimum atomic E-state index is -3.45. The number of nitriles is 1. The number of aromatic nitrogens is 2. The van der Waals surface area contributed by atoms with Gasteiger partial charge in [-0.2, -0.15) is 5.26 Å². The van der Waals surface area contributed by atoms with Crippen LogP contribution in [0.3, 0.4) is 0 Å². The zero-order valence-corrected chi connectivity index (χ0v) is 24.7. The van der Waals surface area contributed by atoms with Crippen LogP contribution in [-0.2, 0) is 32.1 Å². The van der Waals surface area contributed by atoms with Crippen molar-refractivity contribution in [1.29, 1.82) is 5.26 Å². The van der Waals surface area contributed by atoms with Crippen LogP contribution in [0.15, 0.2) is 21.9 Å². The van der Waals surface area contributed by atoms with E-state index in [1.807, 2.05) is 27.7 Å². The Balaban J connectivity index is 2.47. The Morgan fingerprint density at radius 1 is 1.22 bits per heavy atom. The summed E-state index contributed by atoms with van der Waals surface area (Å²) < 4.78 is 50.6. The predicted octanol–water partition coefficient (Wildman–Crippen LogP) is 3.24. The monoisotopic (exact) mass is 582 g/mol. The number of nitrogens with zero attached hydrogens (tertiary/aromatic N) is 3. The first kappa shape index (κ1) is 32.1. The highest BCUT2D eigenvalue weighted by molar-refractivity contribution is 8.55. The predicted molar refractivity (Wildman–Crippen MR) is 140 cm³/mol. The van der Waals surface area contributed by atoms with E-state index in [2.05, 4.69) is 15.7 Å². The molecule has 0 aromatic carbocycles. The second-order valence-corrected chi connectivity index (χ2v) is 14.2. The zero-order valence-electron chi connectivity index (χ0n) is 22.1. The van der Waals surface area contributed by atoms with Crippen LogP contribution in [0.2, 0.25) is 0 Å². The summed E-state index contributed by atoms with van der Waals surface area (Å²) in [6, 6.07) is 3.36. The summed E-state index contributed by atoms with van der Waals surface area (Å²) in [7, 11) is 2.33. The van der Waals surface area contributed by atoms with Crippen LogP contribution in [0.1, 0.15) is 40.3 Å². The third kappa shape index (κ3) is 8.44. The van der Waals surface area contributed by atoms with Crippen molar-refractivity contribution in [2.45, 2.75) is 70.7 Å². The number of ether oxygens (including phenoxy) is 2. The number of hydrogen-bond acceptors (Lipinski definition) is 12. The topological polar surface area (TPSA) is 154 Å². The molecular formula is C21H36N4O9P2S. The van der Waals surface area contributed by atoms with Crippen molar-refractivity contribution in [2.75, 3.05) is 33.7 Å². The van der Waals surface area contributed by atoms with Gasteiger partial charge >= 0.3 is 12.5 Å². The minimum absolute atomic E-state index is 0.0455. The molecule has 1 saturated heterocycles. The Bertz CT molecular complexity index is 1050. The fourth-order valence-corrected chi connectivity index (χ4v) is 8.16. The van der Waals surface area contributed by atoms with E-state index >= 15 is 0 Å². The Hall–Kier alpha value is -1.10. The summed E-state index contributed by atoms with van der Waals surface area (Å²) in [5.74, 6) is 0.114. The Kier molecular flexibility index (Phi) is 12.9. The fourth-order valence-electron chi connectivity index (χ4n) is 3.81. The highest BCUT2D eigenvalue weighted by atomic mass is 32.7. The smallest absolute Gasteiger partial charge is 0.374 e. The molecule has 1 aromatic rings. The van der Waals surface area contributed by atoms with Gasteiger partial charge in [0.25, 0.3) is 14.1 Å². The van der Waals surface area contributed by atoms with Crippen molar-refractivity contribution in [1.82, 2.24) is 14.2 Å². The number of methoxy groups -OCH3 is 1. The van der Waals surface area contributed by atoms with Crippen LogP contribution >= 0.6 is 26.7 Å². The highest BCUT2D eigenvalue weighted by Crippen LogP contribution is 2.60. The third-order valence-electron chi connectivity index (χ3n) is 5.40. The highest BCUT2D eigenvalue weighted by Gasteiger charge is 2.50. The average molecular weight is 583 g/mol. The molecule has 2 rings (SSSR count). The first-order valence-electron chi connectivity index (χ1n) is 11.6. The average Bonchev–Trinajstić information content (AvgIpc) is 3.18. The Morgan fingerprint density at radius 2 is 1.86 bits per heavy atom. The lowest BCUT2D eigenvalue weighted by Gasteiger charge is -2.38. The van der Waals surface area contributed by atoms with Crippen molar-refractivity contribution < 1.29 is 32.1 Å². The molecule has 1 N–H and O–H groups in total. The number of hydrogen-bond donors (Lipinski definition) is 1. The summed E-state index contributed by atoms with van der Waals surface area (Å²) >= 11 is 0.926. The van der Waals surface area contributed by atoms with Gasteiger partial charge < -0.3 is 27.6 Å². The number of rotatable bonds is 15. The molecule has 0 amide bonds. The van der Waals surface area contributed by atoms with Crippen LogP contribution in [0.5, 0.6) is 0 Å². The van der Waals surface area contributed by atoms with E-state index in [0.717, 1.165) is 11.4 Å². The molecule has 0 bridgehead atoms. The number of nitrogens with one attached hydrogen (secondary N) is 1. The molecule has 0 aliphatic carbocycles. The molecule has 0 radical (unpaired) electrons. The molecule has 1 fully saturated rings. The Labute approximate surface area is 221 Å². The maximum Gasteiger partial charge on any atom is 0.388 e. The molecule has 1 aliphatic heterocycles. The largest absolute Gasteiger partial charge is 0.388 e. The first-order chi connectivity index (χ1) is 17.5. The normalized spacial score (nSPS) is 23.2. The van der Waals surface area contributed by atoms with Gasteiger partial charge in [-0.1, -0.05) is 0 Å². The van der Waals surface area contributed by atoms with E-state index in [9.17, 15) is 14.2 Å². The molecule has 37 heavy (non-hydrogen) atoms. The standard InChI is InChI=1S/C21H36N4O9P2S/c1-14(2)25(15(3)4)35(32-12-8-10-22)34-18-16(13-37-36(28,30-6)31-7)33-20(19(18)29-5)24-11-9-17(26)23-21(24)27/h9,11,14-16,18-20H,8,12-13H2,1-7H3,(H,23,26,27)/t16-,18+,19?,20-,35?/m1/s1. The van der Waals surface area contributed by atoms with Gasteiger partial charge in [-0.25, -0.2) is 14.0 Å². The summed E-state index contributed by atoms with van der Waals surface area (Å²) in [6.45, 7) is 4.74. The van der Waals surface area contributed by atoms with Gasteiger partial charge in [0.1, 0.15) is 12.2 Å². The Morgan fingerprint density at radius 3 is 2.38 bits per heavy atom. The van der Waals surface area contributed by atoms with Crippen molar-refractivity contribution in [3.8, 4) is 6.07 Å². The van der Waals surface area contributed by atoms with Gasteiger partial charge in [0.05, 0.1) is 25.2 Å². The molecule has 0 spiro atoms. The molecule has 5 atom stereocenters. The molecule has 13 nitrogen and oxygen atoms in total. The number of aromatic amines is 1. The molecule has 0 saturated carbocycles. The molecule has 1 aliphatic rings. The quantitative estimate of drug-likeness (QED) is 0.238. The van der Waals surface area contributed by atoms with Gasteiger partial charge in [0.2, 0.25) is 0 Å². The lowest BCUT2D eigenvalue weighted by atomic mass is 10.1. The summed E-state index contributed by atoms with van der Waals surface area (Å²) in [5, 5.41) is 9.01. The van der Waals surface area contributed by atoms with Crippen molar-refractivity contribution in [3.05, 3.63) is 33.1 Å². The summed E-state index contributed by atoms with van der Waals surface area (Å²) in [5.41, 5.74) is -1.22. The van der Waals surface area contributed by atoms with Gasteiger partial charge in [-0.05, 0) is 39.1 Å². The maximum atomic E-state index is 12.7. The van der Waals surface area contributed by atoms with Crippen LogP contribution in [0.25, 0.3) is 0 Å². The minimum Gasteiger partial charge on any atom is -0.374 e. The lowest BCUT2D eigenvalue weighted by Crippen LogP contribution is -2.41. The zero-order chi connectivity index (χ0) is 27.8. The van der Waals surface area contributed by atoms with Gasteiger partial charge in [-0.15, -0.1) is 0 Å². The molecule has 210 valence electrons. The van der Waals surface area contributed by atoms with Gasteiger partial charge in [-0.3, -0.25) is 14.3 Å². The van der Waals surface area contributed by atoms with Gasteiger partial charge in [0, 0.05) is 51.4 Å². The molecule has 16 heteroatoms. The van der Waals surface area contributed by atoms with Crippen LogP contribution in [0, 0.1) is 11.3 Å². The molecule has 2 heterocycles. The van der Waals surface area contributed by atoms with Crippen LogP contribution in [0.4, 0.5) is 0 Å². The number of H-pyrrole nitrogens is 1. The van der Waals surface area contributed by atoms with E-state index in [1.165, 1.54) is 38.2 Å². The molecule has 1 aromatic heterocycles. The van der Waals surface area contributed by atoms with E-state index < -0.39 is 51.1 Å². The summed E-state index contributed by atoms with van der Waals surface area (Å²) in [6.07, 6.45) is -1.78. The maximum absolute atomic E-state index is 12.7. The first-order valence-corrected chi connectivity index (χ1v) is 15.9. The van der Waals surface area contributed by atoms with Crippen LogP contribution < -0.4 is 11.2 Å². The van der Waals surface area contributed by atoms with E-state index in [0.29, 0.717) is 0 Å². The van der Waals surface area contributed by atoms with Crippen molar-refractivity contribution in [3.63, 3.8) is 0 Å². The second-order valence-electron chi connectivity index (χ2n) is 8.51. The van der Waals surface area contributed by atoms with E-state index in [4.69, 9.17) is 32.8 Å². The second kappa shape index (κ2) is 14.9. The van der Waals surface area contributed by atoms with Crippen molar-refractivity contribution in [2.24, 2.45) is 0 Å². The fraction of sp³-hybridized carbons (Fsp3) is 0.762. The van der Waals surface area contributed by atoms with Crippen molar-refractivity contribution >= 4 is 26.7 Å². The SMILES string of the molecule is COC1[C@@H](OP(OCCC#N)N(C(C)C)C(C)C)[C@@H](CSP(=O)(OC)OC)O[C@H]1n1ccc(=O)[nH]c1=O. The molecular weight excluding hydrogens is 546 g/mol. The third-order valence-corrected chi connectivity index (χ3v) is 11.5. The van der Waals surface area contributed by atoms with E-state index in [1.54, 1.807) is 0 Å². The summed E-state index contributed by atoms with van der Waals surface area (Å²) in [4.78, 5) is 26.4. The van der Waals surface area contributed by atoms with Crippen LogP contribution in [-0.4, -0.2) is 78.3 Å². The molecule has 2 unspecified atom stereocenters.